The normalized spacial score (nSPS) is 23.9. The summed E-state index contributed by atoms with van der Waals surface area (Å²) in [7, 11) is 0. The van der Waals surface area contributed by atoms with Gasteiger partial charge >= 0.3 is 0 Å². The molecule has 4 heteroatoms. The second kappa shape index (κ2) is 3.55. The fourth-order valence-corrected chi connectivity index (χ4v) is 2.56. The summed E-state index contributed by atoms with van der Waals surface area (Å²) in [5, 5.41) is 0.947. The predicted molar refractivity (Wildman–Crippen MR) is 64.3 cm³/mol. The van der Waals surface area contributed by atoms with Crippen molar-refractivity contribution in [3.8, 4) is 0 Å². The molecule has 90 valence electrons. The van der Waals surface area contributed by atoms with Crippen LogP contribution < -0.4 is 5.73 Å². The van der Waals surface area contributed by atoms with Crippen LogP contribution in [0.3, 0.4) is 0 Å². The van der Waals surface area contributed by atoms with Gasteiger partial charge in [-0.25, -0.2) is 4.39 Å². The molecule has 3 nitrogen and oxygen atoms in total. The van der Waals surface area contributed by atoms with Crippen LogP contribution in [0.25, 0.3) is 10.9 Å². The van der Waals surface area contributed by atoms with Crippen LogP contribution in [0.5, 0.6) is 0 Å². The van der Waals surface area contributed by atoms with Gasteiger partial charge in [-0.2, -0.15) is 0 Å². The van der Waals surface area contributed by atoms with Gasteiger partial charge in [0.25, 0.3) is 0 Å². The van der Waals surface area contributed by atoms with E-state index in [2.05, 4.69) is 4.98 Å². The quantitative estimate of drug-likeness (QED) is 0.793. The Kier molecular flexibility index (Phi) is 2.24. The number of para-hydroxylation sites is 1. The Morgan fingerprint density at radius 2 is 2.35 bits per heavy atom. The molecular formula is C13H15FN2O. The Morgan fingerprint density at radius 1 is 1.53 bits per heavy atom. The van der Waals surface area contributed by atoms with Crippen LogP contribution >= 0.6 is 0 Å². The van der Waals surface area contributed by atoms with Gasteiger partial charge in [0.15, 0.2) is 0 Å². The number of nitrogens with two attached hydrogens (primary N) is 1. The van der Waals surface area contributed by atoms with Crippen LogP contribution in [0, 0.1) is 5.82 Å². The number of halogens is 1. The van der Waals surface area contributed by atoms with Crippen LogP contribution in [0.15, 0.2) is 18.2 Å². The van der Waals surface area contributed by atoms with Gasteiger partial charge in [-0.15, -0.1) is 0 Å². The summed E-state index contributed by atoms with van der Waals surface area (Å²) >= 11 is 0. The lowest BCUT2D eigenvalue weighted by Gasteiger charge is -2.32. The van der Waals surface area contributed by atoms with Gasteiger partial charge in [-0.1, -0.05) is 12.1 Å². The summed E-state index contributed by atoms with van der Waals surface area (Å²) in [6.07, 6.45) is 0.800. The fourth-order valence-electron chi connectivity index (χ4n) is 2.56. The molecule has 0 fully saturated rings. The summed E-state index contributed by atoms with van der Waals surface area (Å²) < 4.78 is 19.5. The number of nitrogens with one attached hydrogen (secondary N) is 1. The Morgan fingerprint density at radius 3 is 3.12 bits per heavy atom. The molecule has 1 aliphatic heterocycles. The summed E-state index contributed by atoms with van der Waals surface area (Å²) in [4.78, 5) is 3.15. The highest BCUT2D eigenvalue weighted by Gasteiger charge is 2.35. The maximum absolute atomic E-state index is 13.7. The minimum absolute atomic E-state index is 0.226. The van der Waals surface area contributed by atoms with Crippen molar-refractivity contribution in [2.75, 3.05) is 13.2 Å². The zero-order chi connectivity index (χ0) is 12.0. The SMILES string of the molecule is CC1(CN)OCCc2c1[nH]c1c(F)cccc21. The average Bonchev–Trinajstić information content (AvgIpc) is 2.72. The fraction of sp³-hybridized carbons (Fsp3) is 0.385. The molecule has 0 saturated carbocycles. The third-order valence-corrected chi connectivity index (χ3v) is 3.58. The van der Waals surface area contributed by atoms with E-state index in [1.54, 1.807) is 6.07 Å². The van der Waals surface area contributed by atoms with E-state index in [0.29, 0.717) is 18.7 Å². The van der Waals surface area contributed by atoms with Crippen LogP contribution in [0.4, 0.5) is 4.39 Å². The molecule has 17 heavy (non-hydrogen) atoms. The molecule has 0 saturated heterocycles. The Hall–Kier alpha value is -1.39. The van der Waals surface area contributed by atoms with Crippen molar-refractivity contribution in [1.82, 2.24) is 4.98 Å². The van der Waals surface area contributed by atoms with E-state index in [0.717, 1.165) is 23.1 Å². The topological polar surface area (TPSA) is 51.0 Å². The molecule has 1 atom stereocenters. The molecule has 1 aromatic carbocycles. The summed E-state index contributed by atoms with van der Waals surface area (Å²) in [6.45, 7) is 2.96. The number of H-pyrrole nitrogens is 1. The number of aromatic amines is 1. The number of rotatable bonds is 1. The van der Waals surface area contributed by atoms with Crippen molar-refractivity contribution in [2.24, 2.45) is 5.73 Å². The van der Waals surface area contributed by atoms with Gasteiger partial charge in [0.1, 0.15) is 11.4 Å². The minimum atomic E-state index is -0.529. The number of hydrogen-bond donors (Lipinski definition) is 2. The first-order chi connectivity index (χ1) is 8.15. The predicted octanol–water partition coefficient (Wildman–Crippen LogP) is 2.05. The lowest BCUT2D eigenvalue weighted by Crippen LogP contribution is -2.39. The molecule has 0 bridgehead atoms. The lowest BCUT2D eigenvalue weighted by atomic mass is 9.93. The Labute approximate surface area is 98.8 Å². The van der Waals surface area contributed by atoms with E-state index in [4.69, 9.17) is 10.5 Å². The van der Waals surface area contributed by atoms with Gasteiger partial charge < -0.3 is 15.5 Å². The van der Waals surface area contributed by atoms with Crippen LogP contribution in [-0.4, -0.2) is 18.1 Å². The first-order valence-electron chi connectivity index (χ1n) is 5.79. The van der Waals surface area contributed by atoms with Crippen molar-refractivity contribution < 1.29 is 9.13 Å². The Balaban J connectivity index is 2.33. The third-order valence-electron chi connectivity index (χ3n) is 3.58. The maximum Gasteiger partial charge on any atom is 0.147 e. The largest absolute Gasteiger partial charge is 0.367 e. The number of aromatic nitrogens is 1. The molecule has 2 aromatic rings. The van der Waals surface area contributed by atoms with Crippen LogP contribution in [-0.2, 0) is 16.8 Å². The van der Waals surface area contributed by atoms with E-state index in [9.17, 15) is 4.39 Å². The van der Waals surface area contributed by atoms with Crippen molar-refractivity contribution in [2.45, 2.75) is 18.9 Å². The number of fused-ring (bicyclic) bond motifs is 3. The molecule has 2 heterocycles. The molecule has 0 amide bonds. The molecule has 1 aromatic heterocycles. The molecule has 3 N–H and O–H groups in total. The smallest absolute Gasteiger partial charge is 0.147 e. The standard InChI is InChI=1S/C13H15FN2O/c1-13(7-15)12-9(5-6-17-13)8-3-2-4-10(14)11(8)16-12/h2-4,16H,5-7,15H2,1H3. The van der Waals surface area contributed by atoms with E-state index in [1.807, 2.05) is 13.0 Å². The highest BCUT2D eigenvalue weighted by Crippen LogP contribution is 2.36. The van der Waals surface area contributed by atoms with Crippen molar-refractivity contribution in [1.29, 1.82) is 0 Å². The number of benzene rings is 1. The summed E-state index contributed by atoms with van der Waals surface area (Å²) in [6, 6.07) is 5.14. The first kappa shape index (κ1) is 10.7. The van der Waals surface area contributed by atoms with Gasteiger partial charge in [0.05, 0.1) is 17.8 Å². The average molecular weight is 234 g/mol. The molecule has 0 aliphatic carbocycles. The second-order valence-electron chi connectivity index (χ2n) is 4.67. The van der Waals surface area contributed by atoms with Crippen LogP contribution in [0.2, 0.25) is 0 Å². The molecule has 1 aliphatic rings. The van der Waals surface area contributed by atoms with Gasteiger partial charge in [0, 0.05) is 11.9 Å². The monoisotopic (exact) mass is 234 g/mol. The zero-order valence-corrected chi connectivity index (χ0v) is 9.72. The molecule has 1 unspecified atom stereocenters. The summed E-state index contributed by atoms with van der Waals surface area (Å²) in [5.74, 6) is -0.226. The van der Waals surface area contributed by atoms with Gasteiger partial charge in [-0.05, 0) is 25.0 Å². The highest BCUT2D eigenvalue weighted by molar-refractivity contribution is 5.85. The van der Waals surface area contributed by atoms with E-state index in [-0.39, 0.29) is 5.82 Å². The number of ether oxygens (including phenoxy) is 1. The second-order valence-corrected chi connectivity index (χ2v) is 4.67. The lowest BCUT2D eigenvalue weighted by molar-refractivity contribution is -0.0414. The maximum atomic E-state index is 13.7. The number of hydrogen-bond acceptors (Lipinski definition) is 2. The van der Waals surface area contributed by atoms with E-state index >= 15 is 0 Å². The van der Waals surface area contributed by atoms with Gasteiger partial charge in [0.2, 0.25) is 0 Å². The molecule has 0 radical (unpaired) electrons. The molecular weight excluding hydrogens is 219 g/mol. The van der Waals surface area contributed by atoms with Crippen LogP contribution in [0.1, 0.15) is 18.2 Å². The zero-order valence-electron chi connectivity index (χ0n) is 9.72. The van der Waals surface area contributed by atoms with E-state index < -0.39 is 5.60 Å². The molecule has 0 spiro atoms. The van der Waals surface area contributed by atoms with Crippen molar-refractivity contribution in [3.63, 3.8) is 0 Å². The molecule has 3 rings (SSSR count). The minimum Gasteiger partial charge on any atom is -0.367 e. The Bertz CT molecular complexity index is 578. The third kappa shape index (κ3) is 1.41. The van der Waals surface area contributed by atoms with Crippen molar-refractivity contribution in [3.05, 3.63) is 35.3 Å². The first-order valence-corrected chi connectivity index (χ1v) is 5.79. The van der Waals surface area contributed by atoms with Gasteiger partial charge in [-0.3, -0.25) is 0 Å². The van der Waals surface area contributed by atoms with E-state index in [1.165, 1.54) is 6.07 Å². The highest BCUT2D eigenvalue weighted by atomic mass is 19.1. The summed E-state index contributed by atoms with van der Waals surface area (Å²) in [5.41, 5.74) is 7.86. The van der Waals surface area contributed by atoms with Crippen molar-refractivity contribution >= 4 is 10.9 Å².